The standard InChI is InChI=1S/C16H16N2O3S/c1-2-12-18(14-6-4-3-5-7-14)22(20,21)15-10-8-13(9-11-15)16(17)19/h2-11H,1,12H2,(H2,17,19). The zero-order valence-electron chi connectivity index (χ0n) is 11.8. The van der Waals surface area contributed by atoms with E-state index in [2.05, 4.69) is 6.58 Å². The van der Waals surface area contributed by atoms with E-state index in [0.29, 0.717) is 5.69 Å². The van der Waals surface area contributed by atoms with E-state index in [1.807, 2.05) is 6.07 Å². The molecule has 2 rings (SSSR count). The molecule has 0 bridgehead atoms. The third kappa shape index (κ3) is 3.17. The Morgan fingerprint density at radius 3 is 2.18 bits per heavy atom. The maximum atomic E-state index is 12.8. The topological polar surface area (TPSA) is 80.5 Å². The average molecular weight is 316 g/mol. The largest absolute Gasteiger partial charge is 0.366 e. The molecule has 0 spiro atoms. The van der Waals surface area contributed by atoms with Crippen molar-refractivity contribution in [1.82, 2.24) is 0 Å². The zero-order chi connectivity index (χ0) is 16.2. The molecule has 2 aromatic rings. The number of carbonyl (C=O) groups is 1. The fourth-order valence-electron chi connectivity index (χ4n) is 1.97. The normalized spacial score (nSPS) is 10.9. The van der Waals surface area contributed by atoms with Crippen LogP contribution in [0.15, 0.2) is 72.1 Å². The summed E-state index contributed by atoms with van der Waals surface area (Å²) in [6.45, 7) is 3.75. The number of sulfonamides is 1. The van der Waals surface area contributed by atoms with E-state index in [-0.39, 0.29) is 17.0 Å². The molecule has 0 unspecified atom stereocenters. The van der Waals surface area contributed by atoms with Crippen LogP contribution in [0.4, 0.5) is 5.69 Å². The van der Waals surface area contributed by atoms with Gasteiger partial charge in [0.05, 0.1) is 17.1 Å². The summed E-state index contributed by atoms with van der Waals surface area (Å²) >= 11 is 0. The van der Waals surface area contributed by atoms with Crippen molar-refractivity contribution < 1.29 is 13.2 Å². The Morgan fingerprint density at radius 1 is 1.09 bits per heavy atom. The maximum Gasteiger partial charge on any atom is 0.264 e. The van der Waals surface area contributed by atoms with Gasteiger partial charge in [-0.2, -0.15) is 0 Å². The predicted molar refractivity (Wildman–Crippen MR) is 86.1 cm³/mol. The van der Waals surface area contributed by atoms with Crippen molar-refractivity contribution in [2.75, 3.05) is 10.8 Å². The van der Waals surface area contributed by atoms with Crippen LogP contribution >= 0.6 is 0 Å². The average Bonchev–Trinajstić information content (AvgIpc) is 2.53. The van der Waals surface area contributed by atoms with Gasteiger partial charge in [0.15, 0.2) is 0 Å². The number of rotatable bonds is 6. The Balaban J connectivity index is 2.45. The van der Waals surface area contributed by atoms with Crippen LogP contribution in [0.3, 0.4) is 0 Å². The molecule has 0 saturated carbocycles. The second-order valence-electron chi connectivity index (χ2n) is 4.55. The molecule has 0 aliphatic rings. The van der Waals surface area contributed by atoms with E-state index in [4.69, 9.17) is 5.73 Å². The van der Waals surface area contributed by atoms with Crippen LogP contribution in [0.5, 0.6) is 0 Å². The number of amides is 1. The van der Waals surface area contributed by atoms with E-state index < -0.39 is 15.9 Å². The first-order chi connectivity index (χ1) is 10.5. The van der Waals surface area contributed by atoms with Crippen LogP contribution in [0.1, 0.15) is 10.4 Å². The molecule has 0 heterocycles. The van der Waals surface area contributed by atoms with Gasteiger partial charge < -0.3 is 5.73 Å². The van der Waals surface area contributed by atoms with Crippen molar-refractivity contribution in [2.45, 2.75) is 4.90 Å². The van der Waals surface area contributed by atoms with Crippen molar-refractivity contribution in [2.24, 2.45) is 5.73 Å². The highest BCUT2D eigenvalue weighted by Gasteiger charge is 2.23. The van der Waals surface area contributed by atoms with Crippen LogP contribution < -0.4 is 10.0 Å². The number of nitrogens with two attached hydrogens (primary N) is 1. The first-order valence-electron chi connectivity index (χ1n) is 6.55. The van der Waals surface area contributed by atoms with Gasteiger partial charge in [0.1, 0.15) is 0 Å². The molecule has 0 aromatic heterocycles. The molecule has 22 heavy (non-hydrogen) atoms. The summed E-state index contributed by atoms with van der Waals surface area (Å²) < 4.78 is 26.8. The third-order valence-corrected chi connectivity index (χ3v) is 4.87. The number of hydrogen-bond acceptors (Lipinski definition) is 3. The fraction of sp³-hybridized carbons (Fsp3) is 0.0625. The molecule has 0 fully saturated rings. The number of nitrogens with zero attached hydrogens (tertiary/aromatic N) is 1. The number of hydrogen-bond donors (Lipinski definition) is 1. The summed E-state index contributed by atoms with van der Waals surface area (Å²) in [5, 5.41) is 0. The summed E-state index contributed by atoms with van der Waals surface area (Å²) in [7, 11) is -3.75. The van der Waals surface area contributed by atoms with Gasteiger partial charge in [0.25, 0.3) is 10.0 Å². The third-order valence-electron chi connectivity index (χ3n) is 3.07. The number of benzene rings is 2. The molecule has 0 radical (unpaired) electrons. The molecule has 1 amide bonds. The molecular formula is C16H16N2O3S. The van der Waals surface area contributed by atoms with Gasteiger partial charge in [-0.15, -0.1) is 6.58 Å². The number of anilines is 1. The Morgan fingerprint density at radius 2 is 1.68 bits per heavy atom. The van der Waals surface area contributed by atoms with Gasteiger partial charge in [0, 0.05) is 5.56 Å². The van der Waals surface area contributed by atoms with Crippen LogP contribution in [-0.4, -0.2) is 20.9 Å². The molecule has 6 heteroatoms. The molecule has 0 aliphatic carbocycles. The SMILES string of the molecule is C=CCN(c1ccccc1)S(=O)(=O)c1ccc(C(N)=O)cc1. The minimum Gasteiger partial charge on any atom is -0.366 e. The molecular weight excluding hydrogens is 300 g/mol. The van der Waals surface area contributed by atoms with Crippen LogP contribution in [0.25, 0.3) is 0 Å². The van der Waals surface area contributed by atoms with Crippen LogP contribution in [-0.2, 0) is 10.0 Å². The van der Waals surface area contributed by atoms with Crippen molar-refractivity contribution in [1.29, 1.82) is 0 Å². The van der Waals surface area contributed by atoms with Crippen LogP contribution in [0.2, 0.25) is 0 Å². The quantitative estimate of drug-likeness (QED) is 0.829. The molecule has 0 saturated heterocycles. The Labute approximate surface area is 129 Å². The second kappa shape index (κ2) is 6.44. The lowest BCUT2D eigenvalue weighted by molar-refractivity contribution is 0.1000. The zero-order valence-corrected chi connectivity index (χ0v) is 12.7. The van der Waals surface area contributed by atoms with Crippen LogP contribution in [0, 0.1) is 0 Å². The summed E-state index contributed by atoms with van der Waals surface area (Å²) in [5.74, 6) is -0.602. The highest BCUT2D eigenvalue weighted by Crippen LogP contribution is 2.23. The second-order valence-corrected chi connectivity index (χ2v) is 6.41. The monoisotopic (exact) mass is 316 g/mol. The van der Waals surface area contributed by atoms with Gasteiger partial charge in [-0.05, 0) is 36.4 Å². The van der Waals surface area contributed by atoms with Crippen molar-refractivity contribution in [3.05, 3.63) is 72.8 Å². The Hall–Kier alpha value is -2.60. The molecule has 0 aliphatic heterocycles. The smallest absolute Gasteiger partial charge is 0.264 e. The van der Waals surface area contributed by atoms with Gasteiger partial charge in [-0.25, -0.2) is 8.42 Å². The molecule has 2 aromatic carbocycles. The number of carbonyl (C=O) groups excluding carboxylic acids is 1. The number of para-hydroxylation sites is 1. The molecule has 5 nitrogen and oxygen atoms in total. The Bertz CT molecular complexity index is 769. The maximum absolute atomic E-state index is 12.8. The summed E-state index contributed by atoms with van der Waals surface area (Å²) in [6, 6.07) is 14.3. The minimum atomic E-state index is -3.75. The van der Waals surface area contributed by atoms with Gasteiger partial charge >= 0.3 is 0 Å². The molecule has 114 valence electrons. The van der Waals surface area contributed by atoms with Gasteiger partial charge in [-0.1, -0.05) is 24.3 Å². The van der Waals surface area contributed by atoms with E-state index in [0.717, 1.165) is 0 Å². The first-order valence-corrected chi connectivity index (χ1v) is 7.99. The van der Waals surface area contributed by atoms with Crippen molar-refractivity contribution >= 4 is 21.6 Å². The van der Waals surface area contributed by atoms with Crippen molar-refractivity contribution in [3.8, 4) is 0 Å². The lowest BCUT2D eigenvalue weighted by Gasteiger charge is -2.23. The molecule has 2 N–H and O–H groups in total. The van der Waals surface area contributed by atoms with Gasteiger partial charge in [0.2, 0.25) is 5.91 Å². The summed E-state index contributed by atoms with van der Waals surface area (Å²) in [6.07, 6.45) is 1.52. The first kappa shape index (κ1) is 15.8. The van der Waals surface area contributed by atoms with E-state index >= 15 is 0 Å². The highest BCUT2D eigenvalue weighted by atomic mass is 32.2. The highest BCUT2D eigenvalue weighted by molar-refractivity contribution is 7.92. The van der Waals surface area contributed by atoms with E-state index in [9.17, 15) is 13.2 Å². The molecule has 0 atom stereocenters. The van der Waals surface area contributed by atoms with Crippen molar-refractivity contribution in [3.63, 3.8) is 0 Å². The summed E-state index contributed by atoms with van der Waals surface area (Å²) in [4.78, 5) is 11.2. The summed E-state index contributed by atoms with van der Waals surface area (Å²) in [5.41, 5.74) is 5.96. The van der Waals surface area contributed by atoms with E-state index in [1.54, 1.807) is 24.3 Å². The fourth-order valence-corrected chi connectivity index (χ4v) is 3.41. The minimum absolute atomic E-state index is 0.0863. The van der Waals surface area contributed by atoms with E-state index in [1.165, 1.54) is 34.6 Å². The lowest BCUT2D eigenvalue weighted by atomic mass is 10.2. The lowest BCUT2D eigenvalue weighted by Crippen LogP contribution is -2.31. The van der Waals surface area contributed by atoms with Gasteiger partial charge in [-0.3, -0.25) is 9.10 Å². The number of primary amides is 1. The predicted octanol–water partition coefficient (Wildman–Crippen LogP) is 2.17. The Kier molecular flexibility index (Phi) is 4.62.